The number of fused-ring (bicyclic) bond motifs is 1. The standard InChI is InChI=1S/C48H69N5O12/c1-13-36-48(10)40(52-46(59)65-48)29(6)37(54)27(4)24-47(9,64-45(58)51-20-14-15-32-16-18-33(19-17-32)34-25-49-21-22-50-34)41(63-44-38(55)35(53(11)12)23-28(5)60-44)30(7)39(31(8)43(57)61-36)62-42(56)26(2)3/h14-19,21-22,25-31,35-36,38-41,44,55H,13,20,23-24H2,1-12H3,(H,51,58)(H,52,59)/b15-14+/t27-,28-,29+,30+,31-,35+,36-,38-,39+,40-,41-,44+,47-,48-/m1/s1. The molecule has 3 aliphatic rings. The van der Waals surface area contributed by atoms with Crippen LogP contribution in [0, 0.1) is 29.6 Å². The van der Waals surface area contributed by atoms with Crippen LogP contribution in [0.1, 0.15) is 94.1 Å². The van der Waals surface area contributed by atoms with Crippen molar-refractivity contribution in [2.45, 2.75) is 149 Å². The zero-order valence-corrected chi connectivity index (χ0v) is 39.8. The second-order valence-corrected chi connectivity index (χ2v) is 18.9. The lowest BCUT2D eigenvalue weighted by atomic mass is 9.73. The van der Waals surface area contributed by atoms with Gasteiger partial charge in [-0.3, -0.25) is 24.4 Å². The number of alkyl carbamates (subject to hydrolysis) is 2. The molecule has 0 aliphatic carbocycles. The van der Waals surface area contributed by atoms with Crippen molar-refractivity contribution in [1.29, 1.82) is 0 Å². The number of esters is 2. The van der Waals surface area contributed by atoms with Crippen molar-refractivity contribution in [1.82, 2.24) is 25.5 Å². The molecule has 0 unspecified atom stereocenters. The molecule has 2 aromatic rings. The van der Waals surface area contributed by atoms with E-state index in [0.29, 0.717) is 6.42 Å². The molecule has 1 aromatic heterocycles. The predicted molar refractivity (Wildman–Crippen MR) is 240 cm³/mol. The van der Waals surface area contributed by atoms with Crippen molar-refractivity contribution >= 4 is 36.0 Å². The first-order valence-electron chi connectivity index (χ1n) is 22.7. The first kappa shape index (κ1) is 51.0. The van der Waals surface area contributed by atoms with Crippen LogP contribution in [-0.2, 0) is 42.8 Å². The number of likely N-dealkylation sites (N-methyl/N-ethyl adjacent to an activating group) is 1. The lowest BCUT2D eigenvalue weighted by molar-refractivity contribution is -0.298. The third kappa shape index (κ3) is 11.9. The van der Waals surface area contributed by atoms with Crippen LogP contribution in [0.25, 0.3) is 17.3 Å². The molecule has 3 saturated heterocycles. The van der Waals surface area contributed by atoms with Crippen LogP contribution in [0.2, 0.25) is 0 Å². The minimum absolute atomic E-state index is 0.0515. The third-order valence-corrected chi connectivity index (χ3v) is 13.1. The fourth-order valence-corrected chi connectivity index (χ4v) is 9.50. The molecule has 0 saturated carbocycles. The normalized spacial score (nSPS) is 34.8. The Kier molecular flexibility index (Phi) is 16.9. The number of carbonyl (C=O) groups excluding carboxylic acids is 5. The van der Waals surface area contributed by atoms with E-state index < -0.39 is 108 Å². The van der Waals surface area contributed by atoms with Crippen LogP contribution in [0.3, 0.4) is 0 Å². The number of hydrogen-bond donors (Lipinski definition) is 3. The van der Waals surface area contributed by atoms with Crippen LogP contribution in [0.5, 0.6) is 0 Å². The number of nitrogens with one attached hydrogen (secondary N) is 2. The van der Waals surface area contributed by atoms with Gasteiger partial charge in [-0.05, 0) is 66.6 Å². The molecule has 17 heteroatoms. The number of ether oxygens (including phenoxy) is 6. The Morgan fingerprint density at radius 3 is 2.35 bits per heavy atom. The van der Waals surface area contributed by atoms with E-state index >= 15 is 0 Å². The average Bonchev–Trinajstić information content (AvgIpc) is 3.58. The molecule has 5 rings (SSSR count). The molecule has 3 aliphatic heterocycles. The smallest absolute Gasteiger partial charge is 0.408 e. The van der Waals surface area contributed by atoms with E-state index in [0.717, 1.165) is 16.8 Å². The van der Waals surface area contributed by atoms with E-state index in [4.69, 9.17) is 28.4 Å². The molecule has 17 nitrogen and oxygen atoms in total. The van der Waals surface area contributed by atoms with E-state index in [-0.39, 0.29) is 31.3 Å². The summed E-state index contributed by atoms with van der Waals surface area (Å²) < 4.78 is 37.7. The summed E-state index contributed by atoms with van der Waals surface area (Å²) in [5.74, 6) is -6.13. The Morgan fingerprint density at radius 1 is 1.05 bits per heavy atom. The highest BCUT2D eigenvalue weighted by Crippen LogP contribution is 2.42. The summed E-state index contributed by atoms with van der Waals surface area (Å²) in [4.78, 5) is 80.0. The molecule has 3 N–H and O–H groups in total. The van der Waals surface area contributed by atoms with Crippen LogP contribution in [-0.4, -0.2) is 131 Å². The molecule has 65 heavy (non-hydrogen) atoms. The Labute approximate surface area is 382 Å². The molecule has 4 heterocycles. The average molecular weight is 908 g/mol. The molecule has 0 bridgehead atoms. The minimum atomic E-state index is -1.74. The van der Waals surface area contributed by atoms with E-state index in [1.807, 2.05) is 56.3 Å². The van der Waals surface area contributed by atoms with Crippen molar-refractivity contribution in [3.05, 3.63) is 54.5 Å². The number of nitrogens with zero attached hydrogens (tertiary/aromatic N) is 3. The van der Waals surface area contributed by atoms with Crippen LogP contribution in [0.4, 0.5) is 9.59 Å². The van der Waals surface area contributed by atoms with Gasteiger partial charge in [0.2, 0.25) is 0 Å². The number of ketones is 1. The van der Waals surface area contributed by atoms with E-state index in [2.05, 4.69) is 20.6 Å². The highest BCUT2D eigenvalue weighted by Gasteiger charge is 2.58. The maximum Gasteiger partial charge on any atom is 0.408 e. The van der Waals surface area contributed by atoms with Crippen LogP contribution >= 0.6 is 0 Å². The minimum Gasteiger partial charge on any atom is -0.461 e. The SMILES string of the molecule is CC[C@H]1OC(=O)[C@H](C)[C@@H](OC(=O)C(C)C)[C@H](C)[C@@H](O[C@@H]2O[C@H](C)C[C@H](N(C)C)[C@H]2O)[C@](C)(OC(=O)NC/C=C/c2ccc(-c3cnccn3)cc2)C[C@@H](C)C(=O)[C@H](C)[C@H]2NC(=O)O[C@@]21C. The Balaban J connectivity index is 1.56. The number of amides is 2. The van der Waals surface area contributed by atoms with Gasteiger partial charge in [0.1, 0.15) is 35.8 Å². The summed E-state index contributed by atoms with van der Waals surface area (Å²) in [5.41, 5.74) is -0.699. The Bertz CT molecular complexity index is 2000. The molecular weight excluding hydrogens is 839 g/mol. The Morgan fingerprint density at radius 2 is 1.74 bits per heavy atom. The number of rotatable bonds is 11. The lowest BCUT2D eigenvalue weighted by Crippen LogP contribution is -2.61. The second kappa shape index (κ2) is 21.6. The topological polar surface area (TPSA) is 214 Å². The molecule has 2 amide bonds. The summed E-state index contributed by atoms with van der Waals surface area (Å²) >= 11 is 0. The van der Waals surface area contributed by atoms with Crippen molar-refractivity contribution in [3.63, 3.8) is 0 Å². The number of benzene rings is 1. The highest BCUT2D eigenvalue weighted by atomic mass is 16.7. The van der Waals surface area contributed by atoms with Gasteiger partial charge in [0.15, 0.2) is 11.9 Å². The van der Waals surface area contributed by atoms with Gasteiger partial charge in [-0.15, -0.1) is 0 Å². The van der Waals surface area contributed by atoms with Gasteiger partial charge in [-0.25, -0.2) is 9.59 Å². The van der Waals surface area contributed by atoms with Gasteiger partial charge in [0.05, 0.1) is 35.9 Å². The number of cyclic esters (lactones) is 1. The summed E-state index contributed by atoms with van der Waals surface area (Å²) in [7, 11) is 3.67. The Hall–Kier alpha value is -4.97. The maximum atomic E-state index is 14.6. The zero-order valence-electron chi connectivity index (χ0n) is 39.8. The molecular formula is C48H69N5O12. The number of Topliss-reactive ketones (excluding diaryl/α,β-unsaturated/α-hetero) is 1. The maximum absolute atomic E-state index is 14.6. The molecule has 3 fully saturated rings. The van der Waals surface area contributed by atoms with Crippen molar-refractivity contribution < 1.29 is 57.5 Å². The molecule has 0 radical (unpaired) electrons. The van der Waals surface area contributed by atoms with Crippen molar-refractivity contribution in [2.24, 2.45) is 29.6 Å². The monoisotopic (exact) mass is 907 g/mol. The van der Waals surface area contributed by atoms with Gasteiger partial charge in [-0.2, -0.15) is 0 Å². The zero-order chi connectivity index (χ0) is 48.0. The first-order valence-corrected chi connectivity index (χ1v) is 22.7. The van der Waals surface area contributed by atoms with E-state index in [1.165, 1.54) is 0 Å². The molecule has 14 atom stereocenters. The number of hydrogen-bond acceptors (Lipinski definition) is 15. The number of carbonyl (C=O) groups is 5. The van der Waals surface area contributed by atoms with Gasteiger partial charge in [0, 0.05) is 48.3 Å². The van der Waals surface area contributed by atoms with E-state index in [1.54, 1.807) is 87.0 Å². The van der Waals surface area contributed by atoms with Crippen LogP contribution < -0.4 is 10.6 Å². The summed E-state index contributed by atoms with van der Waals surface area (Å²) in [6.45, 7) is 16.9. The third-order valence-electron chi connectivity index (χ3n) is 13.1. The largest absolute Gasteiger partial charge is 0.461 e. The number of aromatic nitrogens is 2. The quantitative estimate of drug-likeness (QED) is 0.182. The predicted octanol–water partition coefficient (Wildman–Crippen LogP) is 5.73. The van der Waals surface area contributed by atoms with E-state index in [9.17, 15) is 29.1 Å². The first-order chi connectivity index (χ1) is 30.6. The summed E-state index contributed by atoms with van der Waals surface area (Å²) in [5, 5.41) is 17.4. The summed E-state index contributed by atoms with van der Waals surface area (Å²) in [6.07, 6.45) is 1.06. The lowest BCUT2D eigenvalue weighted by Gasteiger charge is -2.48. The van der Waals surface area contributed by atoms with Crippen LogP contribution in [0.15, 0.2) is 48.9 Å². The fraction of sp³-hybridized carbons (Fsp3) is 0.646. The fourth-order valence-electron chi connectivity index (χ4n) is 9.50. The second-order valence-electron chi connectivity index (χ2n) is 18.9. The van der Waals surface area contributed by atoms with Gasteiger partial charge >= 0.3 is 24.1 Å². The van der Waals surface area contributed by atoms with Crippen molar-refractivity contribution in [2.75, 3.05) is 20.6 Å². The van der Waals surface area contributed by atoms with Gasteiger partial charge in [-0.1, -0.05) is 78.0 Å². The number of aliphatic hydroxyl groups excluding tert-OH is 1. The number of aliphatic hydroxyl groups is 1. The highest BCUT2D eigenvalue weighted by molar-refractivity contribution is 5.85. The van der Waals surface area contributed by atoms with Gasteiger partial charge < -0.3 is 49.1 Å². The molecule has 358 valence electrons. The molecule has 1 aromatic carbocycles. The summed E-state index contributed by atoms with van der Waals surface area (Å²) in [6, 6.07) is 6.35. The molecule has 0 spiro atoms. The van der Waals surface area contributed by atoms with Crippen molar-refractivity contribution in [3.8, 4) is 11.3 Å². The van der Waals surface area contributed by atoms with Gasteiger partial charge in [0.25, 0.3) is 0 Å².